The number of fused-ring (bicyclic) bond motifs is 1. The Morgan fingerprint density at radius 3 is 2.54 bits per heavy atom. The van der Waals surface area contributed by atoms with Crippen molar-refractivity contribution >= 4 is 0 Å². The minimum Gasteiger partial charge on any atom is -0.291 e. The summed E-state index contributed by atoms with van der Waals surface area (Å²) in [4.78, 5) is 2.47. The zero-order valence-corrected chi connectivity index (χ0v) is 8.83. The molecular formula is C10H17N3. The monoisotopic (exact) mass is 179 g/mol. The lowest BCUT2D eigenvalue weighted by Crippen LogP contribution is -2.25. The van der Waals surface area contributed by atoms with Gasteiger partial charge in [-0.1, -0.05) is 0 Å². The van der Waals surface area contributed by atoms with Gasteiger partial charge in [0.05, 0.1) is 11.4 Å². The van der Waals surface area contributed by atoms with Crippen LogP contribution in [0, 0.1) is 6.92 Å². The zero-order chi connectivity index (χ0) is 9.59. The van der Waals surface area contributed by atoms with E-state index in [4.69, 9.17) is 0 Å². The van der Waals surface area contributed by atoms with Crippen molar-refractivity contribution in [2.24, 2.45) is 7.05 Å². The molecule has 0 amide bonds. The molecule has 0 fully saturated rings. The van der Waals surface area contributed by atoms with Crippen LogP contribution >= 0.6 is 0 Å². The maximum Gasteiger partial charge on any atom is 0.0642 e. The van der Waals surface area contributed by atoms with E-state index in [1.807, 2.05) is 11.7 Å². The van der Waals surface area contributed by atoms with Gasteiger partial charge >= 0.3 is 0 Å². The van der Waals surface area contributed by atoms with Crippen molar-refractivity contribution in [1.82, 2.24) is 14.7 Å². The van der Waals surface area contributed by atoms with Gasteiger partial charge in [0.25, 0.3) is 0 Å². The molecule has 2 rings (SSSR count). The van der Waals surface area contributed by atoms with E-state index in [9.17, 15) is 0 Å². The molecule has 0 aromatic carbocycles. The van der Waals surface area contributed by atoms with Crippen molar-refractivity contribution < 1.29 is 0 Å². The molecule has 1 aliphatic rings. The van der Waals surface area contributed by atoms with Crippen LogP contribution in [0.25, 0.3) is 0 Å². The lowest BCUT2D eigenvalue weighted by atomic mass is 10.2. The SMILES string of the molecule is Cc1nn(C)c2c1CN(C(C)C)C2. The Bertz CT molecular complexity index is 299. The van der Waals surface area contributed by atoms with Crippen molar-refractivity contribution in [3.63, 3.8) is 0 Å². The van der Waals surface area contributed by atoms with Gasteiger partial charge in [-0.3, -0.25) is 9.58 Å². The molecule has 0 bridgehead atoms. The second kappa shape index (κ2) is 2.84. The molecule has 1 aliphatic heterocycles. The maximum absolute atomic E-state index is 4.42. The first-order chi connectivity index (χ1) is 6.09. The molecule has 1 aromatic heterocycles. The third kappa shape index (κ3) is 1.27. The molecule has 13 heavy (non-hydrogen) atoms. The zero-order valence-electron chi connectivity index (χ0n) is 8.83. The molecule has 0 N–H and O–H groups in total. The highest BCUT2D eigenvalue weighted by molar-refractivity contribution is 5.28. The fourth-order valence-corrected chi connectivity index (χ4v) is 1.97. The van der Waals surface area contributed by atoms with Crippen LogP contribution in [-0.2, 0) is 20.1 Å². The summed E-state index contributed by atoms with van der Waals surface area (Å²) < 4.78 is 2.02. The van der Waals surface area contributed by atoms with E-state index in [0.29, 0.717) is 6.04 Å². The van der Waals surface area contributed by atoms with Crippen LogP contribution in [0.4, 0.5) is 0 Å². The van der Waals surface area contributed by atoms with E-state index >= 15 is 0 Å². The van der Waals surface area contributed by atoms with Crippen molar-refractivity contribution in [3.8, 4) is 0 Å². The Hall–Kier alpha value is -0.830. The average molecular weight is 179 g/mol. The summed E-state index contributed by atoms with van der Waals surface area (Å²) in [5, 5.41) is 4.42. The Kier molecular flexibility index (Phi) is 1.91. The van der Waals surface area contributed by atoms with E-state index in [-0.39, 0.29) is 0 Å². The smallest absolute Gasteiger partial charge is 0.0642 e. The average Bonchev–Trinajstić information content (AvgIpc) is 2.55. The van der Waals surface area contributed by atoms with E-state index in [1.165, 1.54) is 17.0 Å². The van der Waals surface area contributed by atoms with Gasteiger partial charge in [0, 0.05) is 31.7 Å². The largest absolute Gasteiger partial charge is 0.291 e. The Morgan fingerprint density at radius 1 is 1.31 bits per heavy atom. The molecule has 3 nitrogen and oxygen atoms in total. The fraction of sp³-hybridized carbons (Fsp3) is 0.700. The fourth-order valence-electron chi connectivity index (χ4n) is 1.97. The quantitative estimate of drug-likeness (QED) is 0.650. The Balaban J connectivity index is 2.31. The highest BCUT2D eigenvalue weighted by atomic mass is 15.3. The Morgan fingerprint density at radius 2 is 2.00 bits per heavy atom. The van der Waals surface area contributed by atoms with E-state index < -0.39 is 0 Å². The molecule has 72 valence electrons. The third-order valence-corrected chi connectivity index (χ3v) is 2.92. The van der Waals surface area contributed by atoms with Gasteiger partial charge in [0.1, 0.15) is 0 Å². The van der Waals surface area contributed by atoms with Crippen LogP contribution < -0.4 is 0 Å². The highest BCUT2D eigenvalue weighted by Crippen LogP contribution is 2.26. The first-order valence-electron chi connectivity index (χ1n) is 4.85. The number of hydrogen-bond acceptors (Lipinski definition) is 2. The predicted octanol–water partition coefficient (Wildman–Crippen LogP) is 1.45. The van der Waals surface area contributed by atoms with Gasteiger partial charge in [0.15, 0.2) is 0 Å². The minimum atomic E-state index is 0.631. The van der Waals surface area contributed by atoms with Crippen LogP contribution in [0.1, 0.15) is 30.8 Å². The first-order valence-corrected chi connectivity index (χ1v) is 4.85. The van der Waals surface area contributed by atoms with Crippen LogP contribution in [-0.4, -0.2) is 20.7 Å². The second-order valence-electron chi connectivity index (χ2n) is 4.13. The Labute approximate surface area is 79.3 Å². The predicted molar refractivity (Wildman–Crippen MR) is 52.3 cm³/mol. The van der Waals surface area contributed by atoms with Crippen molar-refractivity contribution in [1.29, 1.82) is 0 Å². The van der Waals surface area contributed by atoms with Gasteiger partial charge < -0.3 is 0 Å². The minimum absolute atomic E-state index is 0.631. The van der Waals surface area contributed by atoms with Gasteiger partial charge in [0.2, 0.25) is 0 Å². The number of rotatable bonds is 1. The van der Waals surface area contributed by atoms with Gasteiger partial charge in [-0.25, -0.2) is 0 Å². The maximum atomic E-state index is 4.42. The molecule has 0 saturated carbocycles. The summed E-state index contributed by atoms with van der Waals surface area (Å²) in [6.07, 6.45) is 0. The highest BCUT2D eigenvalue weighted by Gasteiger charge is 2.26. The van der Waals surface area contributed by atoms with Crippen LogP contribution in [0.15, 0.2) is 0 Å². The van der Waals surface area contributed by atoms with E-state index in [2.05, 4.69) is 30.8 Å². The molecule has 0 aliphatic carbocycles. The lowest BCUT2D eigenvalue weighted by Gasteiger charge is -2.19. The third-order valence-electron chi connectivity index (χ3n) is 2.92. The summed E-state index contributed by atoms with van der Waals surface area (Å²) in [6, 6.07) is 0.631. The summed E-state index contributed by atoms with van der Waals surface area (Å²) in [5.74, 6) is 0. The van der Waals surface area contributed by atoms with Crippen LogP contribution in [0.2, 0.25) is 0 Å². The summed E-state index contributed by atoms with van der Waals surface area (Å²) in [7, 11) is 2.04. The van der Waals surface area contributed by atoms with Crippen molar-refractivity contribution in [2.75, 3.05) is 0 Å². The number of hydrogen-bond donors (Lipinski definition) is 0. The van der Waals surface area contributed by atoms with Crippen molar-refractivity contribution in [3.05, 3.63) is 17.0 Å². The van der Waals surface area contributed by atoms with Crippen LogP contribution in [0.5, 0.6) is 0 Å². The summed E-state index contributed by atoms with van der Waals surface area (Å²) >= 11 is 0. The molecule has 0 unspecified atom stereocenters. The van der Waals surface area contributed by atoms with Gasteiger partial charge in [-0.2, -0.15) is 5.10 Å². The molecular weight excluding hydrogens is 162 g/mol. The van der Waals surface area contributed by atoms with E-state index in [0.717, 1.165) is 13.1 Å². The molecule has 3 heteroatoms. The topological polar surface area (TPSA) is 21.1 Å². The normalized spacial score (nSPS) is 17.0. The lowest BCUT2D eigenvalue weighted by molar-refractivity contribution is 0.222. The molecule has 0 atom stereocenters. The van der Waals surface area contributed by atoms with Crippen LogP contribution in [0.3, 0.4) is 0 Å². The number of aromatic nitrogens is 2. The van der Waals surface area contributed by atoms with Crippen molar-refractivity contribution in [2.45, 2.75) is 39.9 Å². The number of aryl methyl sites for hydroxylation is 2. The first kappa shape index (κ1) is 8.75. The standard InChI is InChI=1S/C10H17N3/c1-7(2)13-5-9-8(3)11-12(4)10(9)6-13/h7H,5-6H2,1-4H3. The molecule has 0 saturated heterocycles. The van der Waals surface area contributed by atoms with E-state index in [1.54, 1.807) is 0 Å². The summed E-state index contributed by atoms with van der Waals surface area (Å²) in [6.45, 7) is 8.73. The van der Waals surface area contributed by atoms with Gasteiger partial charge in [-0.15, -0.1) is 0 Å². The molecule has 0 spiro atoms. The summed E-state index contributed by atoms with van der Waals surface area (Å²) in [5.41, 5.74) is 4.03. The second-order valence-corrected chi connectivity index (χ2v) is 4.13. The molecule has 2 heterocycles. The van der Waals surface area contributed by atoms with Gasteiger partial charge in [-0.05, 0) is 20.8 Å². The number of nitrogens with zero attached hydrogens (tertiary/aromatic N) is 3. The molecule has 0 radical (unpaired) electrons. The molecule has 1 aromatic rings.